The standard InChI is InChI=1S/C24H19F2NO3/c25-19-10-6-16(7-11-19)21(17-8-12-20(26)13-9-17)14-23(28)27-22(15-30-24(27)29)18-4-2-1-3-5-18/h1-13,21-22H,14-15H2/t22-/m1/s1. The van der Waals surface area contributed by atoms with E-state index in [-0.39, 0.29) is 13.0 Å². The number of imide groups is 1. The first-order chi connectivity index (χ1) is 14.5. The minimum Gasteiger partial charge on any atom is -0.446 e. The Morgan fingerprint density at radius 3 is 1.97 bits per heavy atom. The second-order valence-corrected chi connectivity index (χ2v) is 7.13. The van der Waals surface area contributed by atoms with Crippen LogP contribution in [0, 0.1) is 11.6 Å². The lowest BCUT2D eigenvalue weighted by Gasteiger charge is -2.24. The predicted octanol–water partition coefficient (Wildman–Crippen LogP) is 5.21. The molecule has 0 saturated carbocycles. The number of hydrogen-bond donors (Lipinski definition) is 0. The predicted molar refractivity (Wildman–Crippen MR) is 107 cm³/mol. The molecule has 3 aromatic carbocycles. The first-order valence-corrected chi connectivity index (χ1v) is 9.57. The minimum absolute atomic E-state index is 0.0459. The van der Waals surface area contributed by atoms with E-state index in [9.17, 15) is 18.4 Å². The number of ether oxygens (including phenoxy) is 1. The molecule has 2 amide bonds. The topological polar surface area (TPSA) is 46.6 Å². The van der Waals surface area contributed by atoms with Crippen LogP contribution in [0.2, 0.25) is 0 Å². The molecule has 0 bridgehead atoms. The zero-order chi connectivity index (χ0) is 21.1. The summed E-state index contributed by atoms with van der Waals surface area (Å²) in [4.78, 5) is 26.7. The Balaban J connectivity index is 1.64. The molecule has 0 spiro atoms. The maximum absolute atomic E-state index is 13.4. The third-order valence-electron chi connectivity index (χ3n) is 5.25. The molecule has 4 nitrogen and oxygen atoms in total. The minimum atomic E-state index is -0.689. The van der Waals surface area contributed by atoms with Crippen LogP contribution in [0.5, 0.6) is 0 Å². The van der Waals surface area contributed by atoms with Crippen molar-refractivity contribution in [3.8, 4) is 0 Å². The summed E-state index contributed by atoms with van der Waals surface area (Å²) < 4.78 is 32.0. The number of carbonyl (C=O) groups is 2. The van der Waals surface area contributed by atoms with Gasteiger partial charge in [-0.15, -0.1) is 0 Å². The molecule has 4 rings (SSSR count). The van der Waals surface area contributed by atoms with E-state index in [0.717, 1.165) is 10.5 Å². The zero-order valence-corrected chi connectivity index (χ0v) is 16.0. The Morgan fingerprint density at radius 2 is 1.43 bits per heavy atom. The lowest BCUT2D eigenvalue weighted by Crippen LogP contribution is -2.35. The van der Waals surface area contributed by atoms with Crippen LogP contribution in [0.3, 0.4) is 0 Å². The molecule has 1 aliphatic heterocycles. The lowest BCUT2D eigenvalue weighted by atomic mass is 9.88. The first-order valence-electron chi connectivity index (χ1n) is 9.57. The van der Waals surface area contributed by atoms with Crippen LogP contribution in [0.1, 0.15) is 35.1 Å². The smallest absolute Gasteiger partial charge is 0.417 e. The number of cyclic esters (lactones) is 1. The van der Waals surface area contributed by atoms with E-state index in [1.165, 1.54) is 24.3 Å². The van der Waals surface area contributed by atoms with Gasteiger partial charge in [-0.05, 0) is 41.0 Å². The molecule has 0 unspecified atom stereocenters. The summed E-state index contributed by atoms with van der Waals surface area (Å²) in [6.07, 6.45) is -0.735. The molecule has 152 valence electrons. The van der Waals surface area contributed by atoms with Crippen molar-refractivity contribution in [1.29, 1.82) is 0 Å². The summed E-state index contributed by atoms with van der Waals surface area (Å²) in [7, 11) is 0. The number of amides is 2. The molecule has 1 atom stereocenters. The monoisotopic (exact) mass is 407 g/mol. The molecule has 0 radical (unpaired) electrons. The van der Waals surface area contributed by atoms with E-state index < -0.39 is 35.6 Å². The fraction of sp³-hybridized carbons (Fsp3) is 0.167. The van der Waals surface area contributed by atoms with Crippen molar-refractivity contribution >= 4 is 12.0 Å². The lowest BCUT2D eigenvalue weighted by molar-refractivity contribution is -0.129. The van der Waals surface area contributed by atoms with Gasteiger partial charge in [0.2, 0.25) is 5.91 Å². The van der Waals surface area contributed by atoms with Crippen LogP contribution in [-0.4, -0.2) is 23.5 Å². The van der Waals surface area contributed by atoms with Gasteiger partial charge >= 0.3 is 6.09 Å². The highest BCUT2D eigenvalue weighted by Crippen LogP contribution is 2.33. The molecule has 0 aliphatic carbocycles. The van der Waals surface area contributed by atoms with E-state index in [1.54, 1.807) is 24.3 Å². The fourth-order valence-corrected chi connectivity index (χ4v) is 3.71. The van der Waals surface area contributed by atoms with Crippen molar-refractivity contribution < 1.29 is 23.1 Å². The van der Waals surface area contributed by atoms with E-state index in [1.807, 2.05) is 30.3 Å². The summed E-state index contributed by atoms with van der Waals surface area (Å²) >= 11 is 0. The second kappa shape index (κ2) is 8.45. The van der Waals surface area contributed by atoms with E-state index >= 15 is 0 Å². The van der Waals surface area contributed by atoms with Crippen LogP contribution >= 0.6 is 0 Å². The van der Waals surface area contributed by atoms with Crippen molar-refractivity contribution in [3.05, 3.63) is 107 Å². The average Bonchev–Trinajstić information content (AvgIpc) is 3.15. The number of rotatable bonds is 5. The van der Waals surface area contributed by atoms with Gasteiger partial charge in [0, 0.05) is 12.3 Å². The van der Waals surface area contributed by atoms with Gasteiger partial charge in [-0.2, -0.15) is 0 Å². The molecule has 30 heavy (non-hydrogen) atoms. The number of halogens is 2. The Bertz CT molecular complexity index is 991. The summed E-state index contributed by atoms with van der Waals surface area (Å²) in [6, 6.07) is 20.3. The molecular formula is C24H19F2NO3. The molecule has 1 saturated heterocycles. The highest BCUT2D eigenvalue weighted by atomic mass is 19.1. The third-order valence-corrected chi connectivity index (χ3v) is 5.25. The molecular weight excluding hydrogens is 388 g/mol. The summed E-state index contributed by atoms with van der Waals surface area (Å²) in [5.74, 6) is -1.67. The van der Waals surface area contributed by atoms with Gasteiger partial charge in [0.15, 0.2) is 0 Å². The van der Waals surface area contributed by atoms with E-state index in [4.69, 9.17) is 4.74 Å². The van der Waals surface area contributed by atoms with Crippen molar-refractivity contribution in [2.45, 2.75) is 18.4 Å². The highest BCUT2D eigenvalue weighted by Gasteiger charge is 2.39. The largest absolute Gasteiger partial charge is 0.446 e. The van der Waals surface area contributed by atoms with Crippen LogP contribution in [0.15, 0.2) is 78.9 Å². The molecule has 1 fully saturated rings. The maximum atomic E-state index is 13.4. The Kier molecular flexibility index (Phi) is 5.57. The summed E-state index contributed by atoms with van der Waals surface area (Å²) in [5, 5.41) is 0. The van der Waals surface area contributed by atoms with Gasteiger partial charge < -0.3 is 4.74 Å². The van der Waals surface area contributed by atoms with E-state index in [2.05, 4.69) is 0 Å². The zero-order valence-electron chi connectivity index (χ0n) is 16.0. The summed E-state index contributed by atoms with van der Waals surface area (Å²) in [5.41, 5.74) is 2.19. The number of hydrogen-bond acceptors (Lipinski definition) is 3. The quantitative estimate of drug-likeness (QED) is 0.584. The molecule has 1 aliphatic rings. The van der Waals surface area contributed by atoms with Crippen molar-refractivity contribution in [3.63, 3.8) is 0 Å². The van der Waals surface area contributed by atoms with Gasteiger partial charge in [-0.1, -0.05) is 54.6 Å². The van der Waals surface area contributed by atoms with Gasteiger partial charge in [0.05, 0.1) is 0 Å². The average molecular weight is 407 g/mol. The maximum Gasteiger partial charge on any atom is 0.417 e. The molecule has 0 aromatic heterocycles. The second-order valence-electron chi connectivity index (χ2n) is 7.13. The number of benzene rings is 3. The molecule has 6 heteroatoms. The van der Waals surface area contributed by atoms with Crippen LogP contribution in [0.4, 0.5) is 13.6 Å². The van der Waals surface area contributed by atoms with Gasteiger partial charge in [0.25, 0.3) is 0 Å². The van der Waals surface area contributed by atoms with Crippen LogP contribution in [0.25, 0.3) is 0 Å². The number of carbonyl (C=O) groups excluding carboxylic acids is 2. The fourth-order valence-electron chi connectivity index (χ4n) is 3.71. The molecule has 1 heterocycles. The van der Waals surface area contributed by atoms with Gasteiger partial charge in [0.1, 0.15) is 24.3 Å². The summed E-state index contributed by atoms with van der Waals surface area (Å²) in [6.45, 7) is 0.0896. The van der Waals surface area contributed by atoms with Crippen LogP contribution < -0.4 is 0 Å². The number of nitrogens with zero attached hydrogens (tertiary/aromatic N) is 1. The normalized spacial score (nSPS) is 16.0. The molecule has 3 aromatic rings. The van der Waals surface area contributed by atoms with Gasteiger partial charge in [-0.25, -0.2) is 18.5 Å². The first kappa shape index (κ1) is 19.8. The Labute approximate surface area is 172 Å². The van der Waals surface area contributed by atoms with Crippen molar-refractivity contribution in [2.24, 2.45) is 0 Å². The van der Waals surface area contributed by atoms with Crippen LogP contribution in [-0.2, 0) is 9.53 Å². The van der Waals surface area contributed by atoms with E-state index in [0.29, 0.717) is 11.1 Å². The van der Waals surface area contributed by atoms with Gasteiger partial charge in [-0.3, -0.25) is 4.79 Å². The highest BCUT2D eigenvalue weighted by molar-refractivity contribution is 5.94. The van der Waals surface area contributed by atoms with Crippen molar-refractivity contribution in [2.75, 3.05) is 6.61 Å². The molecule has 0 N–H and O–H groups in total. The van der Waals surface area contributed by atoms with Crippen molar-refractivity contribution in [1.82, 2.24) is 4.90 Å². The Hall–Kier alpha value is -3.54. The SMILES string of the molecule is O=C(CC(c1ccc(F)cc1)c1ccc(F)cc1)N1C(=O)OC[C@@H]1c1ccccc1. The third kappa shape index (κ3) is 4.08. The Morgan fingerprint density at radius 1 is 0.900 bits per heavy atom.